The van der Waals surface area contributed by atoms with Crippen LogP contribution in [0.1, 0.15) is 47.0 Å². The Hall–Kier alpha value is -0.850. The van der Waals surface area contributed by atoms with Crippen LogP contribution in [0.2, 0.25) is 0 Å². The van der Waals surface area contributed by atoms with Crippen molar-refractivity contribution in [3.8, 4) is 0 Å². The van der Waals surface area contributed by atoms with Crippen LogP contribution in [-0.4, -0.2) is 5.78 Å². The highest BCUT2D eigenvalue weighted by molar-refractivity contribution is 5.86. The van der Waals surface area contributed by atoms with Crippen LogP contribution in [0, 0.1) is 17.8 Å². The average molecular weight is 218 g/mol. The first-order chi connectivity index (χ1) is 7.50. The summed E-state index contributed by atoms with van der Waals surface area (Å²) in [5.74, 6) is 1.71. The molecular formula is C15H22O. The molecule has 3 unspecified atom stereocenters. The lowest BCUT2D eigenvalue weighted by atomic mass is 9.64. The zero-order chi connectivity index (χ0) is 11.9. The molecular weight excluding hydrogens is 196 g/mol. The van der Waals surface area contributed by atoms with Gasteiger partial charge in [-0.15, -0.1) is 0 Å². The van der Waals surface area contributed by atoms with Crippen molar-refractivity contribution in [2.24, 2.45) is 17.8 Å². The minimum Gasteiger partial charge on any atom is -0.299 e. The number of rotatable bonds is 0. The van der Waals surface area contributed by atoms with Crippen molar-refractivity contribution in [2.75, 3.05) is 0 Å². The second-order valence-electron chi connectivity index (χ2n) is 5.75. The van der Waals surface area contributed by atoms with Gasteiger partial charge in [0.1, 0.15) is 5.78 Å². The van der Waals surface area contributed by atoms with Gasteiger partial charge in [-0.25, -0.2) is 0 Å². The van der Waals surface area contributed by atoms with Gasteiger partial charge in [0.05, 0.1) is 0 Å². The van der Waals surface area contributed by atoms with Crippen molar-refractivity contribution >= 4 is 5.78 Å². The van der Waals surface area contributed by atoms with Crippen molar-refractivity contribution in [3.63, 3.8) is 0 Å². The summed E-state index contributed by atoms with van der Waals surface area (Å²) < 4.78 is 0. The maximum absolute atomic E-state index is 12.2. The fraction of sp³-hybridized carbons (Fsp3) is 0.667. The van der Waals surface area contributed by atoms with Crippen molar-refractivity contribution in [3.05, 3.63) is 22.8 Å². The van der Waals surface area contributed by atoms with E-state index >= 15 is 0 Å². The normalized spacial score (nSPS) is 34.5. The van der Waals surface area contributed by atoms with E-state index in [0.29, 0.717) is 24.0 Å². The number of allylic oxidation sites excluding steroid dienone is 4. The number of hydrogen-bond donors (Lipinski definition) is 0. The molecule has 2 rings (SSSR count). The lowest BCUT2D eigenvalue weighted by Gasteiger charge is -2.39. The van der Waals surface area contributed by atoms with Gasteiger partial charge in [0.25, 0.3) is 0 Å². The molecule has 0 bridgehead atoms. The highest BCUT2D eigenvalue weighted by Crippen LogP contribution is 2.44. The summed E-state index contributed by atoms with van der Waals surface area (Å²) in [6, 6.07) is 0. The molecule has 0 aromatic heterocycles. The highest BCUT2D eigenvalue weighted by Gasteiger charge is 2.39. The van der Waals surface area contributed by atoms with Gasteiger partial charge in [0, 0.05) is 18.3 Å². The molecule has 0 spiro atoms. The van der Waals surface area contributed by atoms with E-state index in [1.54, 1.807) is 0 Å². The van der Waals surface area contributed by atoms with E-state index in [0.717, 1.165) is 0 Å². The van der Waals surface area contributed by atoms with E-state index < -0.39 is 0 Å². The third-order valence-corrected chi connectivity index (χ3v) is 4.20. The molecule has 1 fully saturated rings. The van der Waals surface area contributed by atoms with Crippen LogP contribution < -0.4 is 0 Å². The summed E-state index contributed by atoms with van der Waals surface area (Å²) >= 11 is 0. The molecule has 0 amide bonds. The van der Waals surface area contributed by atoms with Gasteiger partial charge in [-0.2, -0.15) is 0 Å². The van der Waals surface area contributed by atoms with E-state index in [2.05, 4.69) is 33.8 Å². The Bertz CT molecular complexity index is 369. The van der Waals surface area contributed by atoms with Crippen molar-refractivity contribution in [1.82, 2.24) is 0 Å². The van der Waals surface area contributed by atoms with Crippen molar-refractivity contribution in [1.29, 1.82) is 0 Å². The fourth-order valence-electron chi connectivity index (χ4n) is 3.36. The molecule has 16 heavy (non-hydrogen) atoms. The number of hydrogen-bond acceptors (Lipinski definition) is 1. The average Bonchev–Trinajstić information content (AvgIpc) is 2.15. The maximum Gasteiger partial charge on any atom is 0.141 e. The van der Waals surface area contributed by atoms with Crippen LogP contribution >= 0.6 is 0 Å². The minimum atomic E-state index is 0.266. The summed E-state index contributed by atoms with van der Waals surface area (Å²) in [6.45, 7) is 8.71. The van der Waals surface area contributed by atoms with Gasteiger partial charge < -0.3 is 0 Å². The van der Waals surface area contributed by atoms with Crippen molar-refractivity contribution in [2.45, 2.75) is 47.0 Å². The van der Waals surface area contributed by atoms with Crippen LogP contribution in [0.5, 0.6) is 0 Å². The standard InChI is InChI=1S/C15H22O/c1-9(2)12-6-5-11(4)15-13(12)7-10(3)8-14(15)16/h7,11,13,15H,5-6,8H2,1-4H3. The third-order valence-electron chi connectivity index (χ3n) is 4.20. The molecule has 88 valence electrons. The van der Waals surface area contributed by atoms with Crippen LogP contribution in [0.25, 0.3) is 0 Å². The number of ketones is 1. The van der Waals surface area contributed by atoms with E-state index in [-0.39, 0.29) is 5.92 Å². The molecule has 0 aromatic carbocycles. The van der Waals surface area contributed by atoms with Crippen LogP contribution in [0.3, 0.4) is 0 Å². The minimum absolute atomic E-state index is 0.266. The molecule has 0 radical (unpaired) electrons. The Morgan fingerprint density at radius 1 is 1.38 bits per heavy atom. The van der Waals surface area contributed by atoms with Crippen LogP contribution in [0.15, 0.2) is 22.8 Å². The Morgan fingerprint density at radius 2 is 2.06 bits per heavy atom. The largest absolute Gasteiger partial charge is 0.299 e. The van der Waals surface area contributed by atoms with Gasteiger partial charge in [0.2, 0.25) is 0 Å². The number of fused-ring (bicyclic) bond motifs is 1. The van der Waals surface area contributed by atoms with Gasteiger partial charge in [-0.3, -0.25) is 4.79 Å². The van der Waals surface area contributed by atoms with Gasteiger partial charge in [-0.05, 0) is 39.5 Å². The van der Waals surface area contributed by atoms with E-state index in [9.17, 15) is 4.79 Å². The van der Waals surface area contributed by atoms with Gasteiger partial charge in [0.15, 0.2) is 0 Å². The molecule has 2 aliphatic rings. The zero-order valence-electron chi connectivity index (χ0n) is 10.8. The van der Waals surface area contributed by atoms with Gasteiger partial charge in [-0.1, -0.05) is 29.7 Å². The predicted molar refractivity (Wildman–Crippen MR) is 67.1 cm³/mol. The third kappa shape index (κ3) is 1.88. The summed E-state index contributed by atoms with van der Waals surface area (Å²) in [5, 5.41) is 0. The molecule has 1 saturated carbocycles. The predicted octanol–water partition coefficient (Wildman–Crippen LogP) is 3.90. The lowest BCUT2D eigenvalue weighted by Crippen LogP contribution is -2.36. The Kier molecular flexibility index (Phi) is 3.05. The Balaban J connectivity index is 2.43. The number of carbonyl (C=O) groups is 1. The molecule has 0 aromatic rings. The molecule has 1 heteroatoms. The second kappa shape index (κ2) is 4.20. The van der Waals surface area contributed by atoms with Gasteiger partial charge >= 0.3 is 0 Å². The zero-order valence-corrected chi connectivity index (χ0v) is 10.8. The first-order valence-electron chi connectivity index (χ1n) is 6.37. The summed E-state index contributed by atoms with van der Waals surface area (Å²) in [4.78, 5) is 12.2. The van der Waals surface area contributed by atoms with E-state index in [1.807, 2.05) is 0 Å². The molecule has 0 heterocycles. The first kappa shape index (κ1) is 11.6. The first-order valence-corrected chi connectivity index (χ1v) is 6.37. The van der Waals surface area contributed by atoms with Crippen LogP contribution in [0.4, 0.5) is 0 Å². The summed E-state index contributed by atoms with van der Waals surface area (Å²) in [7, 11) is 0. The SMILES string of the molecule is CC1=CC2C(=C(C)C)CCC(C)C2C(=O)C1. The van der Waals surface area contributed by atoms with E-state index in [1.165, 1.54) is 29.6 Å². The quantitative estimate of drug-likeness (QED) is 0.563. The monoisotopic (exact) mass is 218 g/mol. The van der Waals surface area contributed by atoms with Crippen LogP contribution in [-0.2, 0) is 4.79 Å². The summed E-state index contributed by atoms with van der Waals surface area (Å²) in [6.07, 6.45) is 5.40. The van der Waals surface area contributed by atoms with Crippen molar-refractivity contribution < 1.29 is 4.79 Å². The number of Topliss-reactive ketones (excluding diaryl/α,β-unsaturated/α-hetero) is 1. The number of carbonyl (C=O) groups excluding carboxylic acids is 1. The molecule has 1 nitrogen and oxygen atoms in total. The Morgan fingerprint density at radius 3 is 2.69 bits per heavy atom. The smallest absolute Gasteiger partial charge is 0.141 e. The second-order valence-corrected chi connectivity index (χ2v) is 5.75. The molecule has 0 N–H and O–H groups in total. The highest BCUT2D eigenvalue weighted by atomic mass is 16.1. The molecule has 3 atom stereocenters. The lowest BCUT2D eigenvalue weighted by molar-refractivity contribution is -0.125. The van der Waals surface area contributed by atoms with E-state index in [4.69, 9.17) is 0 Å². The Labute approximate surface area is 98.6 Å². The molecule has 2 aliphatic carbocycles. The molecule has 0 aliphatic heterocycles. The fourth-order valence-corrected chi connectivity index (χ4v) is 3.36. The summed E-state index contributed by atoms with van der Waals surface area (Å²) in [5.41, 5.74) is 4.20. The maximum atomic E-state index is 12.2. The molecule has 0 saturated heterocycles. The topological polar surface area (TPSA) is 17.1 Å².